The zero-order valence-corrected chi connectivity index (χ0v) is 10.5. The van der Waals surface area contributed by atoms with E-state index in [0.29, 0.717) is 18.1 Å². The molecule has 1 amide bonds. The van der Waals surface area contributed by atoms with Gasteiger partial charge >= 0.3 is 0 Å². The summed E-state index contributed by atoms with van der Waals surface area (Å²) in [5.74, 6) is -0.178. The molecule has 1 saturated heterocycles. The fourth-order valence-electron chi connectivity index (χ4n) is 1.80. The third kappa shape index (κ3) is 2.34. The van der Waals surface area contributed by atoms with Gasteiger partial charge in [0.1, 0.15) is 0 Å². The number of amides is 1. The second kappa shape index (κ2) is 4.99. The van der Waals surface area contributed by atoms with Crippen LogP contribution in [0, 0.1) is 0 Å². The summed E-state index contributed by atoms with van der Waals surface area (Å²) in [6, 6.07) is 1.81. The number of rotatable bonds is 1. The average Bonchev–Trinajstić information content (AvgIpc) is 3.02. The lowest BCUT2D eigenvalue weighted by atomic mass is 10.3. The second-order valence-electron chi connectivity index (χ2n) is 3.97. The van der Waals surface area contributed by atoms with Crippen molar-refractivity contribution in [2.75, 3.05) is 26.3 Å². The monoisotopic (exact) mass is 264 g/mol. The molecule has 1 aromatic rings. The first-order valence-corrected chi connectivity index (χ1v) is 6.52. The van der Waals surface area contributed by atoms with Gasteiger partial charge in [0.2, 0.25) is 0 Å². The molecule has 0 aliphatic carbocycles. The van der Waals surface area contributed by atoms with Gasteiger partial charge in [-0.15, -0.1) is 0 Å². The molecule has 0 radical (unpaired) electrons. The van der Waals surface area contributed by atoms with E-state index in [1.54, 1.807) is 18.6 Å². The summed E-state index contributed by atoms with van der Waals surface area (Å²) in [7, 11) is 0. The fraction of sp³-hybridized carbons (Fsp3) is 0.333. The Morgan fingerprint density at radius 1 is 1.39 bits per heavy atom. The number of thioether (sulfide) groups is 1. The van der Waals surface area contributed by atoms with Gasteiger partial charge in [-0.3, -0.25) is 4.79 Å². The topological polar surface area (TPSA) is 55.0 Å². The Hall–Kier alpha value is -1.53. The minimum Gasteiger partial charge on any atom is -0.472 e. The van der Waals surface area contributed by atoms with Crippen LogP contribution in [0.3, 0.4) is 0 Å². The quantitative estimate of drug-likeness (QED) is 0.721. The van der Waals surface area contributed by atoms with E-state index in [2.05, 4.69) is 9.89 Å². The molecule has 0 unspecified atom stereocenters. The number of carbonyl (C=O) groups is 1. The maximum Gasteiger partial charge on any atom is 0.286 e. The van der Waals surface area contributed by atoms with E-state index in [0.717, 1.165) is 23.8 Å². The minimum atomic E-state index is -0.178. The van der Waals surface area contributed by atoms with E-state index in [9.17, 15) is 4.79 Å². The second-order valence-corrected chi connectivity index (χ2v) is 4.98. The maximum absolute atomic E-state index is 11.8. The van der Waals surface area contributed by atoms with Gasteiger partial charge in [-0.1, -0.05) is 0 Å². The largest absolute Gasteiger partial charge is 0.472 e. The van der Waals surface area contributed by atoms with Crippen LogP contribution in [-0.4, -0.2) is 42.3 Å². The minimum absolute atomic E-state index is 0.178. The lowest BCUT2D eigenvalue weighted by molar-refractivity contribution is -0.113. The van der Waals surface area contributed by atoms with E-state index in [-0.39, 0.29) is 5.91 Å². The number of aliphatic imine (C=N–C) groups is 1. The maximum atomic E-state index is 11.8. The van der Waals surface area contributed by atoms with Gasteiger partial charge in [0.25, 0.3) is 5.91 Å². The Balaban J connectivity index is 1.74. The van der Waals surface area contributed by atoms with Crippen molar-refractivity contribution in [3.63, 3.8) is 0 Å². The molecule has 1 fully saturated rings. The third-order valence-corrected chi connectivity index (χ3v) is 3.78. The van der Waals surface area contributed by atoms with Crippen LogP contribution in [0.25, 0.3) is 6.08 Å². The highest BCUT2D eigenvalue weighted by molar-refractivity contribution is 8.18. The SMILES string of the molecule is O=C1N=C(N2CCOCC2)SC1=Cc1ccoc1. The standard InChI is InChI=1S/C12H12N2O3S/c15-11-10(7-9-1-4-17-8-9)18-12(13-11)14-2-5-16-6-3-14/h1,4,7-8H,2-3,5-6H2. The number of furan rings is 1. The molecule has 2 aliphatic heterocycles. The highest BCUT2D eigenvalue weighted by atomic mass is 32.2. The van der Waals surface area contributed by atoms with Gasteiger partial charge < -0.3 is 14.1 Å². The first kappa shape index (κ1) is 11.6. The molecule has 3 heterocycles. The van der Waals surface area contributed by atoms with Crippen LogP contribution in [0.2, 0.25) is 0 Å². The van der Waals surface area contributed by atoms with Gasteiger partial charge in [-0.2, -0.15) is 4.99 Å². The van der Waals surface area contributed by atoms with Crippen molar-refractivity contribution in [1.29, 1.82) is 0 Å². The molecule has 5 nitrogen and oxygen atoms in total. The molecule has 0 atom stereocenters. The zero-order valence-electron chi connectivity index (χ0n) is 9.67. The number of carbonyl (C=O) groups excluding carboxylic acids is 1. The van der Waals surface area contributed by atoms with E-state index < -0.39 is 0 Å². The van der Waals surface area contributed by atoms with E-state index in [4.69, 9.17) is 9.15 Å². The van der Waals surface area contributed by atoms with Crippen molar-refractivity contribution in [2.45, 2.75) is 0 Å². The molecule has 0 aromatic carbocycles. The molecule has 0 saturated carbocycles. The summed E-state index contributed by atoms with van der Waals surface area (Å²) in [4.78, 5) is 18.6. The van der Waals surface area contributed by atoms with Crippen LogP contribution in [0.4, 0.5) is 0 Å². The Morgan fingerprint density at radius 2 is 2.22 bits per heavy atom. The van der Waals surface area contributed by atoms with Crippen LogP contribution in [0.1, 0.15) is 5.56 Å². The Morgan fingerprint density at radius 3 is 2.94 bits per heavy atom. The number of amidine groups is 1. The molecule has 0 N–H and O–H groups in total. The van der Waals surface area contributed by atoms with Gasteiger partial charge in [-0.25, -0.2) is 0 Å². The van der Waals surface area contributed by atoms with Gasteiger partial charge in [-0.05, 0) is 23.9 Å². The summed E-state index contributed by atoms with van der Waals surface area (Å²) >= 11 is 1.41. The molecule has 3 rings (SSSR count). The number of nitrogens with zero attached hydrogens (tertiary/aromatic N) is 2. The number of hydrogen-bond donors (Lipinski definition) is 0. The van der Waals surface area contributed by atoms with Gasteiger partial charge in [0.15, 0.2) is 5.17 Å². The van der Waals surface area contributed by atoms with Crippen molar-refractivity contribution in [3.05, 3.63) is 29.1 Å². The third-order valence-electron chi connectivity index (χ3n) is 2.73. The smallest absolute Gasteiger partial charge is 0.286 e. The first-order chi connectivity index (χ1) is 8.83. The Kier molecular flexibility index (Phi) is 3.21. The predicted octanol–water partition coefficient (Wildman–Crippen LogP) is 1.58. The highest BCUT2D eigenvalue weighted by Crippen LogP contribution is 2.30. The van der Waals surface area contributed by atoms with E-state index in [1.807, 2.05) is 6.07 Å². The molecule has 0 spiro atoms. The van der Waals surface area contributed by atoms with Crippen LogP contribution < -0.4 is 0 Å². The number of morpholine rings is 1. The zero-order chi connectivity index (χ0) is 12.4. The predicted molar refractivity (Wildman–Crippen MR) is 69.1 cm³/mol. The summed E-state index contributed by atoms with van der Waals surface area (Å²) in [6.07, 6.45) is 4.99. The van der Waals surface area contributed by atoms with Crippen molar-refractivity contribution in [2.24, 2.45) is 4.99 Å². The molecule has 2 aliphatic rings. The fourth-order valence-corrected chi connectivity index (χ4v) is 2.76. The Bertz CT molecular complexity index is 501. The van der Waals surface area contributed by atoms with Gasteiger partial charge in [0, 0.05) is 18.7 Å². The van der Waals surface area contributed by atoms with Gasteiger partial charge in [0.05, 0.1) is 30.6 Å². The van der Waals surface area contributed by atoms with Crippen molar-refractivity contribution in [3.8, 4) is 0 Å². The van der Waals surface area contributed by atoms with Crippen molar-refractivity contribution < 1.29 is 13.9 Å². The lowest BCUT2D eigenvalue weighted by Gasteiger charge is -2.27. The lowest BCUT2D eigenvalue weighted by Crippen LogP contribution is -2.38. The molecule has 1 aromatic heterocycles. The Labute approximate surface area is 108 Å². The summed E-state index contributed by atoms with van der Waals surface area (Å²) in [5.41, 5.74) is 0.879. The van der Waals surface area contributed by atoms with Crippen LogP contribution in [-0.2, 0) is 9.53 Å². The van der Waals surface area contributed by atoms with Crippen molar-refractivity contribution in [1.82, 2.24) is 4.90 Å². The van der Waals surface area contributed by atoms with E-state index in [1.165, 1.54) is 11.8 Å². The van der Waals surface area contributed by atoms with Crippen LogP contribution >= 0.6 is 11.8 Å². The normalized spacial score (nSPS) is 22.7. The summed E-state index contributed by atoms with van der Waals surface area (Å²) in [6.45, 7) is 2.96. The highest BCUT2D eigenvalue weighted by Gasteiger charge is 2.27. The molecular formula is C12H12N2O3S. The van der Waals surface area contributed by atoms with Crippen molar-refractivity contribution >= 4 is 28.9 Å². The first-order valence-electron chi connectivity index (χ1n) is 5.70. The molecule has 0 bridgehead atoms. The molecular weight excluding hydrogens is 252 g/mol. The van der Waals surface area contributed by atoms with Crippen LogP contribution in [0.5, 0.6) is 0 Å². The molecule has 18 heavy (non-hydrogen) atoms. The van der Waals surface area contributed by atoms with E-state index >= 15 is 0 Å². The molecule has 94 valence electrons. The summed E-state index contributed by atoms with van der Waals surface area (Å²) < 4.78 is 10.3. The summed E-state index contributed by atoms with van der Waals surface area (Å²) in [5, 5.41) is 0.776. The molecule has 6 heteroatoms. The number of ether oxygens (including phenoxy) is 1. The average molecular weight is 264 g/mol. The number of hydrogen-bond acceptors (Lipinski definition) is 5. The van der Waals surface area contributed by atoms with Crippen LogP contribution in [0.15, 0.2) is 32.9 Å².